The van der Waals surface area contributed by atoms with E-state index in [1.807, 2.05) is 6.92 Å². The van der Waals surface area contributed by atoms with Crippen LogP contribution in [0.2, 0.25) is 0 Å². The number of fused-ring (bicyclic) bond motifs is 1. The topological polar surface area (TPSA) is 92.7 Å². The van der Waals surface area contributed by atoms with Gasteiger partial charge in [0.25, 0.3) is 0 Å². The predicted molar refractivity (Wildman–Crippen MR) is 90.4 cm³/mol. The van der Waals surface area contributed by atoms with E-state index >= 15 is 0 Å². The first kappa shape index (κ1) is 16.4. The summed E-state index contributed by atoms with van der Waals surface area (Å²) in [6, 6.07) is 6.49. The number of hydrogen-bond acceptors (Lipinski definition) is 5. The van der Waals surface area contributed by atoms with E-state index in [-0.39, 0.29) is 18.1 Å². The van der Waals surface area contributed by atoms with Crippen LogP contribution < -0.4 is 5.11 Å². The summed E-state index contributed by atoms with van der Waals surface area (Å²) < 4.78 is 10.8. The molecule has 0 aliphatic carbocycles. The van der Waals surface area contributed by atoms with Crippen LogP contribution in [0.25, 0.3) is 6.08 Å². The molecule has 1 atom stereocenters. The molecule has 0 aromatic carbocycles. The van der Waals surface area contributed by atoms with E-state index in [0.717, 1.165) is 5.76 Å². The van der Waals surface area contributed by atoms with Crippen LogP contribution in [0.15, 0.2) is 80.0 Å². The third-order valence-electron chi connectivity index (χ3n) is 4.53. The Bertz CT molecular complexity index is 943. The van der Waals surface area contributed by atoms with E-state index in [1.165, 1.54) is 11.1 Å². The zero-order chi connectivity index (χ0) is 18.3. The molecule has 6 nitrogen and oxygen atoms in total. The van der Waals surface area contributed by atoms with Gasteiger partial charge in [-0.3, -0.25) is 5.11 Å². The Morgan fingerprint density at radius 1 is 1.35 bits per heavy atom. The quantitative estimate of drug-likeness (QED) is 0.912. The molecule has 0 saturated carbocycles. The molecule has 0 bridgehead atoms. The molecule has 4 rings (SSSR count). The van der Waals surface area contributed by atoms with Crippen molar-refractivity contribution in [3.63, 3.8) is 0 Å². The van der Waals surface area contributed by atoms with Crippen molar-refractivity contribution in [2.24, 2.45) is 0 Å². The van der Waals surface area contributed by atoms with E-state index in [2.05, 4.69) is 0 Å². The first-order valence-electron chi connectivity index (χ1n) is 8.28. The van der Waals surface area contributed by atoms with Crippen molar-refractivity contribution in [3.05, 3.63) is 88.4 Å². The molecule has 26 heavy (non-hydrogen) atoms. The smallest absolute Gasteiger partial charge is 0.207 e. The van der Waals surface area contributed by atoms with Gasteiger partial charge < -0.3 is 23.9 Å². The van der Waals surface area contributed by atoms with Crippen LogP contribution in [0.3, 0.4) is 0 Å². The SMILES string of the molecule is Cc1ccc(/C=C2\C([O])=C3C=C(Cc4ccco4)C([O-])=CN3C2CO)o1. The lowest BCUT2D eigenvalue weighted by Gasteiger charge is -2.31. The highest BCUT2D eigenvalue weighted by Crippen LogP contribution is 2.38. The van der Waals surface area contributed by atoms with Gasteiger partial charge in [0.05, 0.1) is 24.6 Å². The largest absolute Gasteiger partial charge is 0.871 e. The maximum absolute atomic E-state index is 12.9. The highest BCUT2D eigenvalue weighted by molar-refractivity contribution is 5.62. The highest BCUT2D eigenvalue weighted by Gasteiger charge is 2.37. The molecule has 133 valence electrons. The molecule has 0 spiro atoms. The van der Waals surface area contributed by atoms with Gasteiger partial charge in [0.15, 0.2) is 0 Å². The number of hydrogen-bond donors (Lipinski definition) is 1. The molecule has 0 amide bonds. The van der Waals surface area contributed by atoms with Crippen LogP contribution >= 0.6 is 0 Å². The Morgan fingerprint density at radius 2 is 2.19 bits per heavy atom. The van der Waals surface area contributed by atoms with E-state index < -0.39 is 6.04 Å². The second-order valence-electron chi connectivity index (χ2n) is 6.29. The number of allylic oxidation sites excluding steroid dienone is 2. The minimum Gasteiger partial charge on any atom is -0.871 e. The van der Waals surface area contributed by atoms with Crippen LogP contribution in [0.5, 0.6) is 0 Å². The molecular weight excluding hydrogens is 334 g/mol. The minimum atomic E-state index is -0.603. The molecule has 4 heterocycles. The van der Waals surface area contributed by atoms with Crippen molar-refractivity contribution in [2.45, 2.75) is 19.4 Å². The van der Waals surface area contributed by atoms with Gasteiger partial charge in [-0.25, -0.2) is 0 Å². The molecule has 0 fully saturated rings. The Hall–Kier alpha value is -3.12. The lowest BCUT2D eigenvalue weighted by molar-refractivity contribution is -0.299. The zero-order valence-corrected chi connectivity index (χ0v) is 14.1. The number of aliphatic hydroxyl groups is 1. The Labute approximate surface area is 150 Å². The maximum atomic E-state index is 12.9. The average Bonchev–Trinajstić information content (AvgIpc) is 3.32. The highest BCUT2D eigenvalue weighted by atomic mass is 16.3. The van der Waals surface area contributed by atoms with Gasteiger partial charge in [0.1, 0.15) is 17.3 Å². The van der Waals surface area contributed by atoms with Crippen LogP contribution in [-0.4, -0.2) is 22.7 Å². The van der Waals surface area contributed by atoms with E-state index in [9.17, 15) is 15.3 Å². The van der Waals surface area contributed by atoms with Crippen LogP contribution in [0.4, 0.5) is 0 Å². The zero-order valence-electron chi connectivity index (χ0n) is 14.1. The summed E-state index contributed by atoms with van der Waals surface area (Å²) in [5, 5.41) is 35.1. The van der Waals surface area contributed by atoms with Gasteiger partial charge in [-0.1, -0.05) is 5.76 Å². The van der Waals surface area contributed by atoms with Crippen LogP contribution in [0.1, 0.15) is 17.3 Å². The molecule has 1 unspecified atom stereocenters. The molecule has 2 aliphatic heterocycles. The van der Waals surface area contributed by atoms with Gasteiger partial charge >= 0.3 is 0 Å². The fourth-order valence-electron chi connectivity index (χ4n) is 3.25. The fraction of sp³-hybridized carbons (Fsp3) is 0.200. The van der Waals surface area contributed by atoms with Gasteiger partial charge in [-0.15, -0.1) is 0 Å². The van der Waals surface area contributed by atoms with Crippen LogP contribution in [-0.2, 0) is 11.5 Å². The predicted octanol–water partition coefficient (Wildman–Crippen LogP) is 2.27. The molecule has 0 saturated heterocycles. The average molecular weight is 351 g/mol. The second-order valence-corrected chi connectivity index (χ2v) is 6.29. The molecule has 6 heteroatoms. The van der Waals surface area contributed by atoms with Crippen molar-refractivity contribution in [1.82, 2.24) is 4.90 Å². The van der Waals surface area contributed by atoms with Crippen molar-refractivity contribution in [3.8, 4) is 0 Å². The molecule has 1 radical (unpaired) electrons. The lowest BCUT2D eigenvalue weighted by atomic mass is 10.0. The first-order valence-corrected chi connectivity index (χ1v) is 8.28. The normalized spacial score (nSPS) is 21.2. The summed E-state index contributed by atoms with van der Waals surface area (Å²) in [5.74, 6) is 1.50. The summed E-state index contributed by atoms with van der Waals surface area (Å²) in [7, 11) is 0. The summed E-state index contributed by atoms with van der Waals surface area (Å²) >= 11 is 0. The monoisotopic (exact) mass is 351 g/mol. The summed E-state index contributed by atoms with van der Waals surface area (Å²) in [6.07, 6.45) is 6.44. The molecular formula is C20H17NO5-. The maximum Gasteiger partial charge on any atom is 0.207 e. The van der Waals surface area contributed by atoms with Gasteiger partial charge in [-0.2, -0.15) is 0 Å². The van der Waals surface area contributed by atoms with Crippen molar-refractivity contribution in [2.75, 3.05) is 6.61 Å². The van der Waals surface area contributed by atoms with Crippen molar-refractivity contribution < 1.29 is 24.2 Å². The Morgan fingerprint density at radius 3 is 2.85 bits per heavy atom. The van der Waals surface area contributed by atoms with E-state index in [4.69, 9.17) is 8.83 Å². The Balaban J connectivity index is 1.73. The van der Waals surface area contributed by atoms with Gasteiger partial charge in [-0.05, 0) is 55.1 Å². The number of furan rings is 2. The van der Waals surface area contributed by atoms with Crippen molar-refractivity contribution >= 4 is 6.08 Å². The van der Waals surface area contributed by atoms with E-state index in [0.29, 0.717) is 34.8 Å². The molecule has 2 aromatic heterocycles. The standard InChI is InChI=1S/C20H18NO5/c1-12-4-5-15(26-12)9-16-18(11-22)21-10-19(23)13(8-17(21)20(16)24)7-14-3-2-6-25-14/h2-6,8-10,18,22-23H,7,11H2,1H3/p-1/b16-9-. The number of rotatable bonds is 4. The number of aryl methyl sites for hydroxylation is 1. The second kappa shape index (κ2) is 6.31. The summed E-state index contributed by atoms with van der Waals surface area (Å²) in [4.78, 5) is 1.54. The van der Waals surface area contributed by atoms with Gasteiger partial charge in [0.2, 0.25) is 5.76 Å². The number of aliphatic hydroxyl groups excluding tert-OH is 1. The first-order chi connectivity index (χ1) is 12.6. The third-order valence-corrected chi connectivity index (χ3v) is 4.53. The molecule has 2 aliphatic rings. The molecule has 1 N–H and O–H groups in total. The number of nitrogens with zero attached hydrogens (tertiary/aromatic N) is 1. The van der Waals surface area contributed by atoms with Gasteiger partial charge in [0, 0.05) is 12.0 Å². The third kappa shape index (κ3) is 2.74. The lowest BCUT2D eigenvalue weighted by Crippen LogP contribution is -2.33. The Kier molecular flexibility index (Phi) is 3.97. The minimum absolute atomic E-state index is 0.202. The van der Waals surface area contributed by atoms with Crippen LogP contribution in [0, 0.1) is 6.92 Å². The summed E-state index contributed by atoms with van der Waals surface area (Å²) in [6.45, 7) is 1.53. The fourth-order valence-corrected chi connectivity index (χ4v) is 3.25. The van der Waals surface area contributed by atoms with E-state index in [1.54, 1.807) is 42.7 Å². The molecule has 2 aromatic rings. The van der Waals surface area contributed by atoms with Crippen molar-refractivity contribution in [1.29, 1.82) is 0 Å². The summed E-state index contributed by atoms with van der Waals surface area (Å²) in [5.41, 5.74) is 1.25.